The predicted octanol–water partition coefficient (Wildman–Crippen LogP) is 2.59. The summed E-state index contributed by atoms with van der Waals surface area (Å²) in [4.78, 5) is 4.33. The average molecular weight is 264 g/mol. The van der Waals surface area contributed by atoms with Gasteiger partial charge in [0.1, 0.15) is 5.52 Å². The smallest absolute Gasteiger partial charge is 0.178 e. The number of anilines is 2. The third kappa shape index (κ3) is 1.62. The fourth-order valence-electron chi connectivity index (χ4n) is 2.32. The van der Waals surface area contributed by atoms with E-state index in [1.165, 1.54) is 0 Å². The molecule has 0 fully saturated rings. The van der Waals surface area contributed by atoms with Crippen molar-refractivity contribution in [2.24, 2.45) is 7.05 Å². The highest BCUT2D eigenvalue weighted by Gasteiger charge is 2.07. The van der Waals surface area contributed by atoms with E-state index in [1.54, 1.807) is 6.20 Å². The van der Waals surface area contributed by atoms with E-state index in [-0.39, 0.29) is 0 Å². The van der Waals surface area contributed by atoms with Crippen LogP contribution in [0.4, 0.5) is 11.5 Å². The second-order valence-corrected chi connectivity index (χ2v) is 4.64. The van der Waals surface area contributed by atoms with Crippen LogP contribution in [0.25, 0.3) is 21.9 Å². The number of aromatic nitrogens is 5. The quantitative estimate of drug-likeness (QED) is 0.583. The fraction of sp³-hybridized carbons (Fsp3) is 0.0714. The number of aryl methyl sites for hydroxylation is 1. The molecular weight excluding hydrogens is 252 g/mol. The summed E-state index contributed by atoms with van der Waals surface area (Å²) in [6, 6.07) is 9.92. The Morgan fingerprint density at radius 2 is 2.20 bits per heavy atom. The summed E-state index contributed by atoms with van der Waals surface area (Å²) in [6.45, 7) is 0. The van der Waals surface area contributed by atoms with Gasteiger partial charge in [-0.1, -0.05) is 0 Å². The lowest BCUT2D eigenvalue weighted by atomic mass is 10.2. The zero-order valence-corrected chi connectivity index (χ0v) is 10.8. The topological polar surface area (TPSA) is 71.4 Å². The minimum Gasteiger partial charge on any atom is -0.337 e. The molecule has 6 heteroatoms. The Labute approximate surface area is 114 Å². The Balaban J connectivity index is 1.76. The van der Waals surface area contributed by atoms with Crippen molar-refractivity contribution in [3.63, 3.8) is 0 Å². The average Bonchev–Trinajstić information content (AvgIpc) is 3.04. The fourth-order valence-corrected chi connectivity index (χ4v) is 2.32. The maximum absolute atomic E-state index is 4.33. The molecule has 98 valence electrons. The van der Waals surface area contributed by atoms with E-state index < -0.39 is 0 Å². The highest BCUT2D eigenvalue weighted by Crippen LogP contribution is 2.24. The summed E-state index contributed by atoms with van der Waals surface area (Å²) in [5, 5.41) is 15.8. The number of nitrogens with one attached hydrogen (secondary N) is 2. The van der Waals surface area contributed by atoms with Gasteiger partial charge in [0.05, 0.1) is 17.2 Å². The molecule has 2 N–H and O–H groups in total. The lowest BCUT2D eigenvalue weighted by molar-refractivity contribution is 0.797. The van der Waals surface area contributed by atoms with Gasteiger partial charge in [-0.15, -0.1) is 0 Å². The predicted molar refractivity (Wildman–Crippen MR) is 77.9 cm³/mol. The molecule has 4 aromatic rings. The van der Waals surface area contributed by atoms with Crippen LogP contribution in [0, 0.1) is 0 Å². The Hall–Kier alpha value is -2.89. The molecule has 4 rings (SSSR count). The summed E-state index contributed by atoms with van der Waals surface area (Å²) < 4.78 is 1.85. The van der Waals surface area contributed by atoms with Crippen molar-refractivity contribution in [2.75, 3.05) is 5.32 Å². The lowest BCUT2D eigenvalue weighted by Gasteiger charge is -2.03. The van der Waals surface area contributed by atoms with Gasteiger partial charge in [0.25, 0.3) is 0 Å². The minimum absolute atomic E-state index is 0.726. The van der Waals surface area contributed by atoms with Crippen LogP contribution in [-0.4, -0.2) is 25.0 Å². The van der Waals surface area contributed by atoms with Gasteiger partial charge in [0.2, 0.25) is 0 Å². The first-order chi connectivity index (χ1) is 9.81. The monoisotopic (exact) mass is 264 g/mol. The minimum atomic E-state index is 0.726. The van der Waals surface area contributed by atoms with Crippen LogP contribution in [0.2, 0.25) is 0 Å². The van der Waals surface area contributed by atoms with Crippen molar-refractivity contribution in [1.29, 1.82) is 0 Å². The summed E-state index contributed by atoms with van der Waals surface area (Å²) in [5.74, 6) is 0.726. The number of benzene rings is 1. The third-order valence-corrected chi connectivity index (χ3v) is 3.33. The summed E-state index contributed by atoms with van der Waals surface area (Å²) >= 11 is 0. The van der Waals surface area contributed by atoms with Gasteiger partial charge in [0, 0.05) is 24.3 Å². The number of hydrogen-bond donors (Lipinski definition) is 2. The Morgan fingerprint density at radius 1 is 1.25 bits per heavy atom. The number of rotatable bonds is 2. The SMILES string of the molecule is Cn1ncc2cc(Nc3n[nH]c4cccnc34)ccc21. The number of H-pyrrole nitrogens is 1. The Kier molecular flexibility index (Phi) is 2.23. The maximum atomic E-state index is 4.33. The number of nitrogens with zero attached hydrogens (tertiary/aromatic N) is 4. The van der Waals surface area contributed by atoms with E-state index in [0.717, 1.165) is 33.4 Å². The van der Waals surface area contributed by atoms with Gasteiger partial charge in [-0.2, -0.15) is 10.2 Å². The standard InChI is InChI=1S/C14H12N6/c1-20-12-5-4-10(7-9(12)8-16-20)17-14-13-11(18-19-14)3-2-6-15-13/h2-8H,1H3,(H2,17,18,19). The van der Waals surface area contributed by atoms with Gasteiger partial charge in [-0.05, 0) is 30.3 Å². The van der Waals surface area contributed by atoms with Crippen LogP contribution < -0.4 is 5.32 Å². The highest BCUT2D eigenvalue weighted by molar-refractivity contribution is 5.89. The highest BCUT2D eigenvalue weighted by atomic mass is 15.2. The molecule has 3 aromatic heterocycles. The van der Waals surface area contributed by atoms with Crippen molar-refractivity contribution in [3.8, 4) is 0 Å². The van der Waals surface area contributed by atoms with Gasteiger partial charge in [0.15, 0.2) is 5.82 Å². The summed E-state index contributed by atoms with van der Waals surface area (Å²) in [5.41, 5.74) is 3.81. The zero-order chi connectivity index (χ0) is 13.5. The molecule has 0 saturated heterocycles. The van der Waals surface area contributed by atoms with Crippen molar-refractivity contribution in [3.05, 3.63) is 42.7 Å². The molecule has 0 bridgehead atoms. The molecular formula is C14H12N6. The molecule has 1 aromatic carbocycles. The van der Waals surface area contributed by atoms with E-state index in [4.69, 9.17) is 0 Å². The van der Waals surface area contributed by atoms with Crippen molar-refractivity contribution < 1.29 is 0 Å². The third-order valence-electron chi connectivity index (χ3n) is 3.33. The molecule has 0 aliphatic heterocycles. The van der Waals surface area contributed by atoms with Crippen LogP contribution in [0.5, 0.6) is 0 Å². The molecule has 0 radical (unpaired) electrons. The van der Waals surface area contributed by atoms with Gasteiger partial charge in [-0.3, -0.25) is 14.8 Å². The first kappa shape index (κ1) is 11.0. The second-order valence-electron chi connectivity index (χ2n) is 4.64. The largest absolute Gasteiger partial charge is 0.337 e. The molecule has 0 unspecified atom stereocenters. The first-order valence-corrected chi connectivity index (χ1v) is 6.29. The zero-order valence-electron chi connectivity index (χ0n) is 10.8. The first-order valence-electron chi connectivity index (χ1n) is 6.29. The Morgan fingerprint density at radius 3 is 3.15 bits per heavy atom. The molecule has 0 saturated carbocycles. The number of fused-ring (bicyclic) bond motifs is 2. The van der Waals surface area contributed by atoms with Crippen molar-refractivity contribution >= 4 is 33.4 Å². The van der Waals surface area contributed by atoms with Crippen LogP contribution >= 0.6 is 0 Å². The molecule has 0 spiro atoms. The van der Waals surface area contributed by atoms with Crippen molar-refractivity contribution in [2.45, 2.75) is 0 Å². The van der Waals surface area contributed by atoms with E-state index in [2.05, 4.69) is 25.6 Å². The summed E-state index contributed by atoms with van der Waals surface area (Å²) in [7, 11) is 1.93. The lowest BCUT2D eigenvalue weighted by Crippen LogP contribution is -1.92. The van der Waals surface area contributed by atoms with Gasteiger partial charge >= 0.3 is 0 Å². The normalized spacial score (nSPS) is 11.2. The summed E-state index contributed by atoms with van der Waals surface area (Å²) in [6.07, 6.45) is 3.61. The van der Waals surface area contributed by atoms with Crippen LogP contribution in [0.15, 0.2) is 42.7 Å². The molecule has 3 heterocycles. The van der Waals surface area contributed by atoms with E-state index in [9.17, 15) is 0 Å². The van der Waals surface area contributed by atoms with Gasteiger partial charge in [-0.25, -0.2) is 0 Å². The van der Waals surface area contributed by atoms with E-state index in [1.807, 2.05) is 48.3 Å². The molecule has 0 aliphatic carbocycles. The molecule has 20 heavy (non-hydrogen) atoms. The van der Waals surface area contributed by atoms with Crippen molar-refractivity contribution in [1.82, 2.24) is 25.0 Å². The number of pyridine rings is 1. The van der Waals surface area contributed by atoms with E-state index >= 15 is 0 Å². The number of aromatic amines is 1. The molecule has 0 amide bonds. The van der Waals surface area contributed by atoms with Crippen LogP contribution in [-0.2, 0) is 7.05 Å². The molecule has 6 nitrogen and oxygen atoms in total. The van der Waals surface area contributed by atoms with Gasteiger partial charge < -0.3 is 5.32 Å². The molecule has 0 atom stereocenters. The number of hydrogen-bond acceptors (Lipinski definition) is 4. The van der Waals surface area contributed by atoms with E-state index in [0.29, 0.717) is 0 Å². The van der Waals surface area contributed by atoms with Crippen LogP contribution in [0.3, 0.4) is 0 Å². The Bertz CT molecular complexity index is 904. The van der Waals surface area contributed by atoms with Crippen LogP contribution in [0.1, 0.15) is 0 Å². The molecule has 0 aliphatic rings. The second kappa shape index (κ2) is 4.06. The maximum Gasteiger partial charge on any atom is 0.178 e.